The van der Waals surface area contributed by atoms with Gasteiger partial charge in [0.1, 0.15) is 0 Å². The SMILES string of the molecule is CN=C(NCc1ccc(Cn2ccccc2=O)cc1)N1CCCC(CC(N)=O)C1.I. The summed E-state index contributed by atoms with van der Waals surface area (Å²) in [6, 6.07) is 13.4. The summed E-state index contributed by atoms with van der Waals surface area (Å²) in [6.07, 6.45) is 4.29. The fourth-order valence-corrected chi connectivity index (χ4v) is 3.77. The monoisotopic (exact) mass is 523 g/mol. The number of carbonyl (C=O) groups excluding carboxylic acids is 1. The lowest BCUT2D eigenvalue weighted by Gasteiger charge is -2.34. The highest BCUT2D eigenvalue weighted by molar-refractivity contribution is 14.0. The average molecular weight is 523 g/mol. The van der Waals surface area contributed by atoms with E-state index in [1.54, 1.807) is 29.9 Å². The molecule has 1 atom stereocenters. The van der Waals surface area contributed by atoms with Crippen molar-refractivity contribution in [1.29, 1.82) is 0 Å². The van der Waals surface area contributed by atoms with Gasteiger partial charge in [-0.1, -0.05) is 30.3 Å². The quantitative estimate of drug-likeness (QED) is 0.345. The molecule has 8 heteroatoms. The largest absolute Gasteiger partial charge is 0.370 e. The maximum absolute atomic E-state index is 11.8. The smallest absolute Gasteiger partial charge is 0.250 e. The zero-order chi connectivity index (χ0) is 20.6. The Bertz CT molecular complexity index is 910. The van der Waals surface area contributed by atoms with Crippen LogP contribution in [0.1, 0.15) is 30.4 Å². The number of amides is 1. The summed E-state index contributed by atoms with van der Waals surface area (Å²) in [4.78, 5) is 29.7. The molecule has 1 saturated heterocycles. The van der Waals surface area contributed by atoms with Gasteiger partial charge in [-0.2, -0.15) is 0 Å². The lowest BCUT2D eigenvalue weighted by atomic mass is 9.95. The van der Waals surface area contributed by atoms with E-state index in [1.165, 1.54) is 0 Å². The number of rotatable bonds is 6. The van der Waals surface area contributed by atoms with Crippen LogP contribution in [-0.4, -0.2) is 41.5 Å². The highest BCUT2D eigenvalue weighted by Gasteiger charge is 2.23. The van der Waals surface area contributed by atoms with Crippen LogP contribution in [0.15, 0.2) is 58.4 Å². The zero-order valence-electron chi connectivity index (χ0n) is 17.3. The van der Waals surface area contributed by atoms with Gasteiger partial charge in [0, 0.05) is 45.4 Å². The third-order valence-electron chi connectivity index (χ3n) is 5.25. The maximum Gasteiger partial charge on any atom is 0.250 e. The summed E-state index contributed by atoms with van der Waals surface area (Å²) in [6.45, 7) is 2.95. The van der Waals surface area contributed by atoms with Gasteiger partial charge in [-0.05, 0) is 36.0 Å². The molecular formula is C22H30IN5O2. The maximum atomic E-state index is 11.8. The number of piperidine rings is 1. The second-order valence-corrected chi connectivity index (χ2v) is 7.51. The number of carbonyl (C=O) groups is 1. The number of halogens is 1. The number of hydrogen-bond donors (Lipinski definition) is 2. The van der Waals surface area contributed by atoms with Crippen molar-refractivity contribution in [2.24, 2.45) is 16.6 Å². The second kappa shape index (κ2) is 11.7. The molecular weight excluding hydrogens is 493 g/mol. The molecule has 0 bridgehead atoms. The van der Waals surface area contributed by atoms with Gasteiger partial charge in [0.2, 0.25) is 5.91 Å². The molecule has 3 N–H and O–H groups in total. The Hall–Kier alpha value is -2.36. The Labute approximate surface area is 194 Å². The number of nitrogens with zero attached hydrogens (tertiary/aromatic N) is 3. The first-order valence-corrected chi connectivity index (χ1v) is 10.0. The number of benzene rings is 1. The summed E-state index contributed by atoms with van der Waals surface area (Å²) in [5.41, 5.74) is 7.58. The minimum Gasteiger partial charge on any atom is -0.370 e. The van der Waals surface area contributed by atoms with Crippen LogP contribution >= 0.6 is 24.0 Å². The van der Waals surface area contributed by atoms with Crippen LogP contribution in [0, 0.1) is 5.92 Å². The van der Waals surface area contributed by atoms with Crippen LogP contribution in [0.4, 0.5) is 0 Å². The number of pyridine rings is 1. The molecule has 3 rings (SSSR count). The van der Waals surface area contributed by atoms with Crippen molar-refractivity contribution < 1.29 is 4.79 Å². The Balaban J connectivity index is 0.00000320. The van der Waals surface area contributed by atoms with Crippen molar-refractivity contribution in [2.75, 3.05) is 20.1 Å². The minimum atomic E-state index is -0.238. The van der Waals surface area contributed by atoms with Crippen molar-refractivity contribution in [3.8, 4) is 0 Å². The molecule has 1 unspecified atom stereocenters. The van der Waals surface area contributed by atoms with Crippen LogP contribution in [0.5, 0.6) is 0 Å². The predicted molar refractivity (Wildman–Crippen MR) is 130 cm³/mol. The van der Waals surface area contributed by atoms with E-state index in [-0.39, 0.29) is 35.4 Å². The molecule has 0 aliphatic carbocycles. The highest BCUT2D eigenvalue weighted by atomic mass is 127. The average Bonchev–Trinajstić information content (AvgIpc) is 2.71. The molecule has 162 valence electrons. The summed E-state index contributed by atoms with van der Waals surface area (Å²) < 4.78 is 1.69. The van der Waals surface area contributed by atoms with Crippen LogP contribution in [-0.2, 0) is 17.9 Å². The first-order chi connectivity index (χ1) is 14.0. The van der Waals surface area contributed by atoms with Gasteiger partial charge in [-0.3, -0.25) is 14.6 Å². The summed E-state index contributed by atoms with van der Waals surface area (Å²) in [7, 11) is 1.78. The number of nitrogens with one attached hydrogen (secondary N) is 1. The first kappa shape index (κ1) is 23.9. The Morgan fingerprint density at radius 3 is 2.60 bits per heavy atom. The summed E-state index contributed by atoms with van der Waals surface area (Å²) in [5.74, 6) is 0.900. The predicted octanol–water partition coefficient (Wildman–Crippen LogP) is 2.18. The number of hydrogen-bond acceptors (Lipinski definition) is 3. The fourth-order valence-electron chi connectivity index (χ4n) is 3.77. The molecule has 0 radical (unpaired) electrons. The highest BCUT2D eigenvalue weighted by Crippen LogP contribution is 2.19. The Morgan fingerprint density at radius 1 is 1.20 bits per heavy atom. The van der Waals surface area contributed by atoms with E-state index in [0.29, 0.717) is 25.4 Å². The van der Waals surface area contributed by atoms with Gasteiger partial charge < -0.3 is 20.5 Å². The third-order valence-corrected chi connectivity index (χ3v) is 5.25. The van der Waals surface area contributed by atoms with Crippen molar-refractivity contribution in [1.82, 2.24) is 14.8 Å². The molecule has 1 aliphatic heterocycles. The zero-order valence-corrected chi connectivity index (χ0v) is 19.6. The number of likely N-dealkylation sites (tertiary alicyclic amines) is 1. The molecule has 1 fully saturated rings. The topological polar surface area (TPSA) is 92.7 Å². The molecule has 1 amide bonds. The van der Waals surface area contributed by atoms with Gasteiger partial charge in [-0.15, -0.1) is 24.0 Å². The van der Waals surface area contributed by atoms with E-state index in [0.717, 1.165) is 43.0 Å². The van der Waals surface area contributed by atoms with Crippen molar-refractivity contribution in [2.45, 2.75) is 32.4 Å². The Morgan fingerprint density at radius 2 is 1.93 bits per heavy atom. The second-order valence-electron chi connectivity index (χ2n) is 7.51. The molecule has 2 heterocycles. The summed E-state index contributed by atoms with van der Waals surface area (Å²) >= 11 is 0. The van der Waals surface area contributed by atoms with Gasteiger partial charge >= 0.3 is 0 Å². The Kier molecular flexibility index (Phi) is 9.35. The lowest BCUT2D eigenvalue weighted by Crippen LogP contribution is -2.46. The number of aliphatic imine (C=N–C) groups is 1. The van der Waals surface area contributed by atoms with Crippen LogP contribution < -0.4 is 16.6 Å². The molecule has 0 saturated carbocycles. The first-order valence-electron chi connectivity index (χ1n) is 10.0. The van der Waals surface area contributed by atoms with Gasteiger partial charge in [-0.25, -0.2) is 0 Å². The van der Waals surface area contributed by atoms with E-state index in [2.05, 4.69) is 27.3 Å². The van der Waals surface area contributed by atoms with Gasteiger partial charge in [0.25, 0.3) is 5.56 Å². The lowest BCUT2D eigenvalue weighted by molar-refractivity contribution is -0.119. The number of aromatic nitrogens is 1. The van der Waals surface area contributed by atoms with Crippen LogP contribution in [0.2, 0.25) is 0 Å². The number of nitrogens with two attached hydrogens (primary N) is 1. The fraction of sp³-hybridized carbons (Fsp3) is 0.409. The standard InChI is InChI=1S/C22H29N5O2.HI/c1-24-22(27-12-4-5-19(16-27)13-20(23)28)25-14-17-7-9-18(10-8-17)15-26-11-3-2-6-21(26)29;/h2-3,6-11,19H,4-5,12-16H2,1H3,(H2,23,28)(H,24,25);1H. The van der Waals surface area contributed by atoms with Crippen LogP contribution in [0.25, 0.3) is 0 Å². The molecule has 2 aromatic rings. The van der Waals surface area contributed by atoms with E-state index < -0.39 is 0 Å². The third kappa shape index (κ3) is 6.86. The van der Waals surface area contributed by atoms with Crippen molar-refractivity contribution in [3.05, 3.63) is 70.1 Å². The summed E-state index contributed by atoms with van der Waals surface area (Å²) in [5, 5.41) is 3.41. The van der Waals surface area contributed by atoms with E-state index in [4.69, 9.17) is 5.73 Å². The minimum absolute atomic E-state index is 0. The van der Waals surface area contributed by atoms with Gasteiger partial charge in [0.15, 0.2) is 5.96 Å². The van der Waals surface area contributed by atoms with E-state index in [9.17, 15) is 9.59 Å². The molecule has 7 nitrogen and oxygen atoms in total. The molecule has 30 heavy (non-hydrogen) atoms. The van der Waals surface area contributed by atoms with Crippen molar-refractivity contribution in [3.63, 3.8) is 0 Å². The molecule has 0 spiro atoms. The molecule has 1 aromatic carbocycles. The molecule has 1 aromatic heterocycles. The van der Waals surface area contributed by atoms with E-state index in [1.807, 2.05) is 18.2 Å². The number of primary amides is 1. The van der Waals surface area contributed by atoms with Crippen molar-refractivity contribution >= 4 is 35.8 Å². The number of guanidine groups is 1. The van der Waals surface area contributed by atoms with E-state index >= 15 is 0 Å². The molecule has 1 aliphatic rings. The van der Waals surface area contributed by atoms with Gasteiger partial charge in [0.05, 0.1) is 6.54 Å². The van der Waals surface area contributed by atoms with Crippen LogP contribution in [0.3, 0.4) is 0 Å². The normalized spacial score (nSPS) is 16.6.